The Kier molecular flexibility index (Phi) is 3.98. The first-order valence-corrected chi connectivity index (χ1v) is 8.54. The Balaban J connectivity index is 1.62. The molecule has 4 heteroatoms. The number of rotatable bonds is 3. The molecule has 0 atom stereocenters. The molecular formula is C22H17F3O. The summed E-state index contributed by atoms with van der Waals surface area (Å²) in [4.78, 5) is 0. The third-order valence-electron chi connectivity index (χ3n) is 4.78. The van der Waals surface area contributed by atoms with E-state index in [2.05, 4.69) is 42.0 Å². The van der Waals surface area contributed by atoms with Crippen LogP contribution in [0.25, 0.3) is 22.3 Å². The Hall–Kier alpha value is -2.75. The van der Waals surface area contributed by atoms with E-state index in [9.17, 15) is 13.2 Å². The zero-order valence-corrected chi connectivity index (χ0v) is 14.2. The summed E-state index contributed by atoms with van der Waals surface area (Å²) in [6.07, 6.45) is -2.76. The molecule has 0 aromatic heterocycles. The van der Waals surface area contributed by atoms with Crippen LogP contribution in [0, 0.1) is 0 Å². The van der Waals surface area contributed by atoms with Crippen LogP contribution in [0.3, 0.4) is 0 Å². The average molecular weight is 354 g/mol. The Morgan fingerprint density at radius 2 is 1.42 bits per heavy atom. The fraction of sp³-hybridized carbons (Fsp3) is 0.182. The first kappa shape index (κ1) is 16.7. The molecule has 0 N–H and O–H groups in total. The van der Waals surface area contributed by atoms with Crippen LogP contribution < -0.4 is 4.74 Å². The van der Waals surface area contributed by atoms with Crippen LogP contribution in [-0.2, 0) is 12.8 Å². The first-order chi connectivity index (χ1) is 12.4. The van der Waals surface area contributed by atoms with Crippen LogP contribution in [0.2, 0.25) is 0 Å². The van der Waals surface area contributed by atoms with Gasteiger partial charge in [0.2, 0.25) is 0 Å². The maximum absolute atomic E-state index is 12.3. The van der Waals surface area contributed by atoms with Gasteiger partial charge in [0.15, 0.2) is 0 Å². The first-order valence-electron chi connectivity index (χ1n) is 8.54. The second-order valence-corrected chi connectivity index (χ2v) is 6.47. The van der Waals surface area contributed by atoms with E-state index in [1.165, 1.54) is 39.9 Å². The van der Waals surface area contributed by atoms with Gasteiger partial charge < -0.3 is 4.74 Å². The summed E-state index contributed by atoms with van der Waals surface area (Å²) in [5.41, 5.74) is 8.29. The number of halogens is 3. The third kappa shape index (κ3) is 3.19. The van der Waals surface area contributed by atoms with Crippen molar-refractivity contribution in [3.8, 4) is 28.0 Å². The molecular weight excluding hydrogens is 337 g/mol. The van der Waals surface area contributed by atoms with E-state index < -0.39 is 6.36 Å². The van der Waals surface area contributed by atoms with Crippen molar-refractivity contribution in [2.45, 2.75) is 26.1 Å². The van der Waals surface area contributed by atoms with Gasteiger partial charge in [-0.25, -0.2) is 0 Å². The van der Waals surface area contributed by atoms with Crippen LogP contribution in [0.1, 0.15) is 23.6 Å². The Labute approximate surface area is 150 Å². The highest BCUT2D eigenvalue weighted by Gasteiger charge is 2.31. The zero-order valence-electron chi connectivity index (χ0n) is 14.2. The highest BCUT2D eigenvalue weighted by molar-refractivity contribution is 5.80. The SMILES string of the molecule is CCc1ccc2c(c1)Cc1cc(-c3ccc(OC(F)(F)F)cc3)ccc1-2. The summed E-state index contributed by atoms with van der Waals surface area (Å²) in [6.45, 7) is 2.15. The minimum atomic E-state index is -4.67. The molecule has 3 aromatic rings. The number of fused-ring (bicyclic) bond motifs is 3. The van der Waals surface area contributed by atoms with Gasteiger partial charge >= 0.3 is 6.36 Å². The van der Waals surface area contributed by atoms with Crippen LogP contribution in [0.5, 0.6) is 5.75 Å². The predicted octanol–water partition coefficient (Wildman–Crippen LogP) is 6.39. The van der Waals surface area contributed by atoms with E-state index in [-0.39, 0.29) is 5.75 Å². The predicted molar refractivity (Wildman–Crippen MR) is 96.2 cm³/mol. The maximum Gasteiger partial charge on any atom is 0.573 e. The highest BCUT2D eigenvalue weighted by atomic mass is 19.4. The molecule has 0 fully saturated rings. The molecule has 1 aliphatic rings. The van der Waals surface area contributed by atoms with Crippen LogP contribution in [0.4, 0.5) is 13.2 Å². The molecule has 3 aromatic carbocycles. The van der Waals surface area contributed by atoms with Crippen LogP contribution in [-0.4, -0.2) is 6.36 Å². The summed E-state index contributed by atoms with van der Waals surface area (Å²) < 4.78 is 40.8. The minimum absolute atomic E-state index is 0.207. The lowest BCUT2D eigenvalue weighted by atomic mass is 9.99. The molecule has 0 radical (unpaired) electrons. The van der Waals surface area contributed by atoms with Crippen LogP contribution >= 0.6 is 0 Å². The largest absolute Gasteiger partial charge is 0.573 e. The fourth-order valence-electron chi connectivity index (χ4n) is 3.51. The van der Waals surface area contributed by atoms with Crippen LogP contribution in [0.15, 0.2) is 60.7 Å². The second-order valence-electron chi connectivity index (χ2n) is 6.47. The van der Waals surface area contributed by atoms with Gasteiger partial charge in [0.05, 0.1) is 0 Å². The van der Waals surface area contributed by atoms with E-state index in [1.54, 1.807) is 12.1 Å². The fourth-order valence-corrected chi connectivity index (χ4v) is 3.51. The quantitative estimate of drug-likeness (QED) is 0.414. The number of hydrogen-bond acceptors (Lipinski definition) is 1. The number of aryl methyl sites for hydroxylation is 1. The molecule has 1 nitrogen and oxygen atoms in total. The molecule has 0 amide bonds. The van der Waals surface area contributed by atoms with Gasteiger partial charge in [-0.15, -0.1) is 13.2 Å². The van der Waals surface area contributed by atoms with Crippen molar-refractivity contribution in [1.29, 1.82) is 0 Å². The highest BCUT2D eigenvalue weighted by Crippen LogP contribution is 2.39. The van der Waals surface area contributed by atoms with Crippen molar-refractivity contribution < 1.29 is 17.9 Å². The molecule has 4 rings (SSSR count). The van der Waals surface area contributed by atoms with Gasteiger partial charge in [-0.05, 0) is 63.9 Å². The molecule has 0 spiro atoms. The Morgan fingerprint density at radius 1 is 0.808 bits per heavy atom. The summed E-state index contributed by atoms with van der Waals surface area (Å²) >= 11 is 0. The molecule has 0 unspecified atom stereocenters. The van der Waals surface area contributed by atoms with E-state index in [0.29, 0.717) is 0 Å². The van der Waals surface area contributed by atoms with Gasteiger partial charge in [0, 0.05) is 0 Å². The van der Waals surface area contributed by atoms with Crippen molar-refractivity contribution in [2.75, 3.05) is 0 Å². The zero-order chi connectivity index (χ0) is 18.3. The molecule has 0 aliphatic heterocycles. The molecule has 0 bridgehead atoms. The van der Waals surface area contributed by atoms with E-state index in [0.717, 1.165) is 24.0 Å². The molecule has 26 heavy (non-hydrogen) atoms. The lowest BCUT2D eigenvalue weighted by Gasteiger charge is -2.10. The summed E-state index contributed by atoms with van der Waals surface area (Å²) in [5, 5.41) is 0. The Morgan fingerprint density at radius 3 is 2.08 bits per heavy atom. The van der Waals surface area contributed by atoms with Crippen molar-refractivity contribution in [3.63, 3.8) is 0 Å². The molecule has 0 saturated heterocycles. The van der Waals surface area contributed by atoms with Gasteiger partial charge in [0.25, 0.3) is 0 Å². The van der Waals surface area contributed by atoms with Crippen molar-refractivity contribution in [1.82, 2.24) is 0 Å². The second kappa shape index (κ2) is 6.20. The summed E-state index contributed by atoms with van der Waals surface area (Å²) in [7, 11) is 0. The lowest BCUT2D eigenvalue weighted by molar-refractivity contribution is -0.274. The third-order valence-corrected chi connectivity index (χ3v) is 4.78. The molecule has 0 heterocycles. The van der Waals surface area contributed by atoms with E-state index in [1.807, 2.05) is 6.07 Å². The number of ether oxygens (including phenoxy) is 1. The average Bonchev–Trinajstić information content (AvgIpc) is 2.97. The normalized spacial score (nSPS) is 12.6. The van der Waals surface area contributed by atoms with E-state index >= 15 is 0 Å². The van der Waals surface area contributed by atoms with Gasteiger partial charge in [-0.2, -0.15) is 0 Å². The van der Waals surface area contributed by atoms with Gasteiger partial charge in [0.1, 0.15) is 5.75 Å². The smallest absolute Gasteiger partial charge is 0.406 e. The maximum atomic E-state index is 12.3. The van der Waals surface area contributed by atoms with Crippen molar-refractivity contribution in [3.05, 3.63) is 77.4 Å². The van der Waals surface area contributed by atoms with Gasteiger partial charge in [-0.1, -0.05) is 55.5 Å². The monoisotopic (exact) mass is 354 g/mol. The minimum Gasteiger partial charge on any atom is -0.406 e. The Bertz CT molecular complexity index is 956. The van der Waals surface area contributed by atoms with Crippen molar-refractivity contribution in [2.24, 2.45) is 0 Å². The lowest BCUT2D eigenvalue weighted by Crippen LogP contribution is -2.16. The molecule has 0 saturated carbocycles. The number of hydrogen-bond donors (Lipinski definition) is 0. The molecule has 132 valence electrons. The summed E-state index contributed by atoms with van der Waals surface area (Å²) in [5.74, 6) is -0.207. The van der Waals surface area contributed by atoms with E-state index in [4.69, 9.17) is 0 Å². The number of alkyl halides is 3. The topological polar surface area (TPSA) is 9.23 Å². The standard InChI is InChI=1S/C22H17F3O/c1-2-14-3-9-20-17(11-14)13-18-12-16(6-10-21(18)20)15-4-7-19(8-5-15)26-22(23,24)25/h3-12H,2,13H2,1H3. The van der Waals surface area contributed by atoms with Crippen molar-refractivity contribution >= 4 is 0 Å². The summed E-state index contributed by atoms with van der Waals surface area (Å²) in [6, 6.07) is 18.9. The number of benzene rings is 3. The molecule has 1 aliphatic carbocycles. The van der Waals surface area contributed by atoms with Gasteiger partial charge in [-0.3, -0.25) is 0 Å².